The topological polar surface area (TPSA) is 83.1 Å². The zero-order chi connectivity index (χ0) is 26.0. The number of hydrogen-bond acceptors (Lipinski definition) is 7. The van der Waals surface area contributed by atoms with Crippen molar-refractivity contribution in [3.8, 4) is 17.2 Å². The van der Waals surface area contributed by atoms with Crippen molar-refractivity contribution in [3.63, 3.8) is 0 Å². The van der Waals surface area contributed by atoms with Crippen LogP contribution in [0.4, 0.5) is 0 Å². The predicted molar refractivity (Wildman–Crippen MR) is 139 cm³/mol. The highest BCUT2D eigenvalue weighted by atomic mass is 79.9. The number of rotatable bonds is 7. The molecule has 0 saturated heterocycles. The molecule has 0 saturated carbocycles. The van der Waals surface area contributed by atoms with Crippen molar-refractivity contribution >= 4 is 27.7 Å². The van der Waals surface area contributed by atoms with E-state index in [1.54, 1.807) is 28.3 Å². The smallest absolute Gasteiger partial charge is 0.336 e. The third-order valence-electron chi connectivity index (χ3n) is 6.70. The number of Topliss-reactive ketones (excluding diaryl/α,β-unsaturated/α-hetero) is 1. The summed E-state index contributed by atoms with van der Waals surface area (Å²) in [5, 5.41) is 3.37. The van der Waals surface area contributed by atoms with Gasteiger partial charge < -0.3 is 24.3 Å². The van der Waals surface area contributed by atoms with Crippen molar-refractivity contribution in [3.05, 3.63) is 74.5 Å². The number of ketones is 1. The molecule has 0 radical (unpaired) electrons. The quantitative estimate of drug-likeness (QED) is 0.458. The zero-order valence-corrected chi connectivity index (χ0v) is 22.7. The molecule has 1 aliphatic heterocycles. The molecule has 8 heteroatoms. The maximum Gasteiger partial charge on any atom is 0.336 e. The van der Waals surface area contributed by atoms with E-state index in [9.17, 15) is 9.59 Å². The first kappa shape index (κ1) is 25.8. The number of methoxy groups -OCH3 is 3. The third kappa shape index (κ3) is 4.74. The average Bonchev–Trinajstić information content (AvgIpc) is 2.87. The van der Waals surface area contributed by atoms with Crippen LogP contribution in [0.25, 0.3) is 0 Å². The standard InChI is InChI=1S/C28H30BrNO6/c1-6-36-28(32)25-15(2)30-20-11-17(16-7-9-23(34-4)24(13-16)35-5)12-21(31)27(20)26(25)19-14-18(29)8-10-22(19)33-3/h7-10,13-14,17,26,30H,6,11-12H2,1-5H3/t17-,26+/m0/s1. The molecule has 0 unspecified atom stereocenters. The van der Waals surface area contributed by atoms with Crippen LogP contribution in [-0.2, 0) is 14.3 Å². The van der Waals surface area contributed by atoms with E-state index in [4.69, 9.17) is 18.9 Å². The van der Waals surface area contributed by atoms with Gasteiger partial charge in [0.2, 0.25) is 0 Å². The molecule has 0 aromatic heterocycles. The summed E-state index contributed by atoms with van der Waals surface area (Å²) in [6.45, 7) is 3.85. The van der Waals surface area contributed by atoms with E-state index in [2.05, 4.69) is 21.2 Å². The molecule has 0 amide bonds. The summed E-state index contributed by atoms with van der Waals surface area (Å²) < 4.78 is 22.7. The monoisotopic (exact) mass is 555 g/mol. The molecule has 36 heavy (non-hydrogen) atoms. The largest absolute Gasteiger partial charge is 0.496 e. The lowest BCUT2D eigenvalue weighted by atomic mass is 9.71. The second-order valence-electron chi connectivity index (χ2n) is 8.74. The number of carbonyl (C=O) groups excluding carboxylic acids is 2. The Balaban J connectivity index is 1.83. The van der Waals surface area contributed by atoms with Crippen LogP contribution >= 0.6 is 15.9 Å². The third-order valence-corrected chi connectivity index (χ3v) is 7.20. The van der Waals surface area contributed by atoms with Crippen molar-refractivity contribution in [1.82, 2.24) is 5.32 Å². The number of benzene rings is 2. The molecule has 2 atom stereocenters. The molecule has 190 valence electrons. The first-order valence-electron chi connectivity index (χ1n) is 11.8. The number of carbonyl (C=O) groups is 2. The lowest BCUT2D eigenvalue weighted by Gasteiger charge is -2.37. The van der Waals surface area contributed by atoms with E-state index in [1.807, 2.05) is 43.3 Å². The maximum absolute atomic E-state index is 13.8. The zero-order valence-electron chi connectivity index (χ0n) is 21.1. The first-order chi connectivity index (χ1) is 17.3. The van der Waals surface area contributed by atoms with Gasteiger partial charge in [0.15, 0.2) is 17.3 Å². The van der Waals surface area contributed by atoms with Crippen molar-refractivity contribution < 1.29 is 28.5 Å². The number of dihydropyridines is 1. The molecule has 7 nitrogen and oxygen atoms in total. The van der Waals surface area contributed by atoms with Gasteiger partial charge in [0.25, 0.3) is 0 Å². The van der Waals surface area contributed by atoms with Gasteiger partial charge >= 0.3 is 5.97 Å². The van der Waals surface area contributed by atoms with Gasteiger partial charge in [-0.1, -0.05) is 22.0 Å². The van der Waals surface area contributed by atoms with E-state index in [-0.39, 0.29) is 18.3 Å². The predicted octanol–water partition coefficient (Wildman–Crippen LogP) is 5.40. The minimum Gasteiger partial charge on any atom is -0.496 e. The second kappa shape index (κ2) is 10.8. The van der Waals surface area contributed by atoms with Crippen molar-refractivity contribution in [2.24, 2.45) is 0 Å². The Kier molecular flexibility index (Phi) is 7.73. The summed E-state index contributed by atoms with van der Waals surface area (Å²) in [5.74, 6) is 0.731. The Bertz CT molecular complexity index is 1260. The molecule has 1 N–H and O–H groups in total. The van der Waals surface area contributed by atoms with Crippen molar-refractivity contribution in [2.45, 2.75) is 38.5 Å². The van der Waals surface area contributed by atoms with Crippen LogP contribution in [0.5, 0.6) is 17.2 Å². The summed E-state index contributed by atoms with van der Waals surface area (Å²) >= 11 is 3.54. The van der Waals surface area contributed by atoms with Crippen molar-refractivity contribution in [1.29, 1.82) is 0 Å². The summed E-state index contributed by atoms with van der Waals surface area (Å²) in [6, 6.07) is 11.4. The fraction of sp³-hybridized carbons (Fsp3) is 0.357. The second-order valence-corrected chi connectivity index (χ2v) is 9.65. The minimum atomic E-state index is -0.605. The van der Waals surface area contributed by atoms with Crippen molar-refractivity contribution in [2.75, 3.05) is 27.9 Å². The van der Waals surface area contributed by atoms with Crippen LogP contribution in [0.1, 0.15) is 49.7 Å². The van der Waals surface area contributed by atoms with E-state index >= 15 is 0 Å². The van der Waals surface area contributed by atoms with E-state index in [0.717, 1.165) is 21.3 Å². The highest BCUT2D eigenvalue weighted by molar-refractivity contribution is 9.10. The van der Waals surface area contributed by atoms with Gasteiger partial charge in [0.05, 0.1) is 39.4 Å². The van der Waals surface area contributed by atoms with Crippen LogP contribution in [0, 0.1) is 0 Å². The Morgan fingerprint density at radius 3 is 2.36 bits per heavy atom. The Labute approximate surface area is 219 Å². The Hall–Kier alpha value is -3.26. The number of esters is 1. The molecule has 0 fully saturated rings. The number of hydrogen-bond donors (Lipinski definition) is 1. The lowest BCUT2D eigenvalue weighted by Crippen LogP contribution is -2.36. The van der Waals surface area contributed by atoms with Gasteiger partial charge in [0, 0.05) is 33.4 Å². The molecule has 0 spiro atoms. The normalized spacial score (nSPS) is 19.4. The molecule has 2 aliphatic rings. The molecule has 1 heterocycles. The van der Waals surface area contributed by atoms with Crippen LogP contribution in [-0.4, -0.2) is 39.7 Å². The van der Waals surface area contributed by atoms with Crippen LogP contribution in [0.15, 0.2) is 63.4 Å². The van der Waals surface area contributed by atoms with Gasteiger partial charge in [-0.2, -0.15) is 0 Å². The summed E-state index contributed by atoms with van der Waals surface area (Å²) in [7, 11) is 4.77. The molecular formula is C28H30BrNO6. The van der Waals surface area contributed by atoms with Gasteiger partial charge in [-0.25, -0.2) is 4.79 Å². The fourth-order valence-electron chi connectivity index (χ4n) is 5.10. The molecule has 4 rings (SSSR count). The average molecular weight is 556 g/mol. The van der Waals surface area contributed by atoms with Gasteiger partial charge in [-0.05, 0) is 62.1 Å². The highest BCUT2D eigenvalue weighted by Gasteiger charge is 2.42. The van der Waals surface area contributed by atoms with Crippen LogP contribution in [0.2, 0.25) is 0 Å². The maximum atomic E-state index is 13.8. The molecule has 2 aromatic rings. The van der Waals surface area contributed by atoms with Gasteiger partial charge in [-0.15, -0.1) is 0 Å². The van der Waals surface area contributed by atoms with Crippen LogP contribution < -0.4 is 19.5 Å². The summed E-state index contributed by atoms with van der Waals surface area (Å²) in [4.78, 5) is 27.0. The number of halogens is 1. The molecule has 2 aromatic carbocycles. The molecule has 0 bridgehead atoms. The SMILES string of the molecule is CCOC(=O)C1=C(C)NC2=C(C(=O)C[C@@H](c3ccc(OC)c(OC)c3)C2)[C@@H]1c1cc(Br)ccc1OC. The van der Waals surface area contributed by atoms with E-state index < -0.39 is 11.9 Å². The molecule has 1 aliphatic carbocycles. The molecular weight excluding hydrogens is 526 g/mol. The van der Waals surface area contributed by atoms with E-state index in [0.29, 0.717) is 46.9 Å². The number of nitrogens with one attached hydrogen (secondary N) is 1. The van der Waals surface area contributed by atoms with E-state index in [1.165, 1.54) is 0 Å². The highest BCUT2D eigenvalue weighted by Crippen LogP contribution is 2.48. The first-order valence-corrected chi connectivity index (χ1v) is 12.6. The number of allylic oxidation sites excluding steroid dienone is 3. The summed E-state index contributed by atoms with van der Waals surface area (Å²) in [6.07, 6.45) is 0.911. The van der Waals surface area contributed by atoms with Gasteiger partial charge in [-0.3, -0.25) is 4.79 Å². The lowest BCUT2D eigenvalue weighted by molar-refractivity contribution is -0.138. The minimum absolute atomic E-state index is 0.0233. The Morgan fingerprint density at radius 2 is 1.69 bits per heavy atom. The number of ether oxygens (including phenoxy) is 4. The van der Waals surface area contributed by atoms with Gasteiger partial charge in [0.1, 0.15) is 5.75 Å². The fourth-order valence-corrected chi connectivity index (χ4v) is 5.48. The summed E-state index contributed by atoms with van der Waals surface area (Å²) in [5.41, 5.74) is 4.20. The Morgan fingerprint density at radius 1 is 1.00 bits per heavy atom. The van der Waals surface area contributed by atoms with Crippen LogP contribution in [0.3, 0.4) is 0 Å².